The predicted molar refractivity (Wildman–Crippen MR) is 63.5 cm³/mol. The molecule has 2 aromatic carbocycles. The first-order chi connectivity index (χ1) is 7.58. The number of benzene rings is 2. The Morgan fingerprint density at radius 1 is 0.938 bits per heavy atom. The van der Waals surface area contributed by atoms with Gasteiger partial charge in [-0.3, -0.25) is 0 Å². The molecule has 0 saturated carbocycles. The third-order valence-electron chi connectivity index (χ3n) is 2.18. The molecule has 82 valence electrons. The normalized spacial score (nSPS) is 10.4. The highest BCUT2D eigenvalue weighted by atomic mass is 35.5. The highest BCUT2D eigenvalue weighted by Crippen LogP contribution is 2.31. The molecule has 0 bridgehead atoms. The standard InChI is InChI=1S/C12H7Cl2FO/c13-10-4-1-7(5-11(10)14)9-3-2-8(16)6-12(9)15/h1-6,16H. The molecule has 0 unspecified atom stereocenters. The third kappa shape index (κ3) is 2.13. The van der Waals surface area contributed by atoms with Crippen LogP contribution in [-0.2, 0) is 0 Å². The van der Waals surface area contributed by atoms with Gasteiger partial charge in [0.05, 0.1) is 10.0 Å². The van der Waals surface area contributed by atoms with E-state index in [-0.39, 0.29) is 5.75 Å². The van der Waals surface area contributed by atoms with Crippen molar-refractivity contribution in [2.75, 3.05) is 0 Å². The van der Waals surface area contributed by atoms with Crippen molar-refractivity contribution in [1.29, 1.82) is 0 Å². The summed E-state index contributed by atoms with van der Waals surface area (Å²) in [7, 11) is 0. The minimum absolute atomic E-state index is 0.110. The van der Waals surface area contributed by atoms with Gasteiger partial charge >= 0.3 is 0 Å². The van der Waals surface area contributed by atoms with Gasteiger partial charge in [-0.25, -0.2) is 4.39 Å². The summed E-state index contributed by atoms with van der Waals surface area (Å²) in [6, 6.07) is 8.82. The zero-order valence-corrected chi connectivity index (χ0v) is 9.56. The molecule has 0 radical (unpaired) electrons. The Hall–Kier alpha value is -1.25. The van der Waals surface area contributed by atoms with E-state index in [4.69, 9.17) is 28.3 Å². The lowest BCUT2D eigenvalue weighted by Gasteiger charge is -2.05. The lowest BCUT2D eigenvalue weighted by molar-refractivity contribution is 0.469. The largest absolute Gasteiger partial charge is 0.508 e. The van der Waals surface area contributed by atoms with E-state index in [2.05, 4.69) is 0 Å². The second-order valence-electron chi connectivity index (χ2n) is 3.29. The van der Waals surface area contributed by atoms with Gasteiger partial charge in [0.1, 0.15) is 11.6 Å². The highest BCUT2D eigenvalue weighted by Gasteiger charge is 2.07. The van der Waals surface area contributed by atoms with Crippen LogP contribution >= 0.6 is 23.2 Å². The Bertz CT molecular complexity index is 541. The molecule has 16 heavy (non-hydrogen) atoms. The van der Waals surface area contributed by atoms with E-state index in [0.29, 0.717) is 21.2 Å². The van der Waals surface area contributed by atoms with Crippen molar-refractivity contribution in [3.8, 4) is 16.9 Å². The van der Waals surface area contributed by atoms with Crippen LogP contribution in [0, 0.1) is 5.82 Å². The third-order valence-corrected chi connectivity index (χ3v) is 2.92. The van der Waals surface area contributed by atoms with E-state index >= 15 is 0 Å². The molecule has 0 heterocycles. The van der Waals surface area contributed by atoms with Gasteiger partial charge in [-0.15, -0.1) is 0 Å². The number of halogens is 3. The summed E-state index contributed by atoms with van der Waals surface area (Å²) in [5, 5.41) is 9.88. The van der Waals surface area contributed by atoms with Crippen LogP contribution < -0.4 is 0 Å². The first kappa shape index (κ1) is 11.2. The Balaban J connectivity index is 2.54. The molecule has 1 nitrogen and oxygen atoms in total. The molecule has 0 spiro atoms. The second kappa shape index (κ2) is 4.32. The van der Waals surface area contributed by atoms with Crippen LogP contribution in [0.4, 0.5) is 4.39 Å². The van der Waals surface area contributed by atoms with E-state index in [1.165, 1.54) is 12.1 Å². The van der Waals surface area contributed by atoms with Crippen LogP contribution in [0.2, 0.25) is 10.0 Å². The fourth-order valence-electron chi connectivity index (χ4n) is 1.40. The van der Waals surface area contributed by atoms with Crippen molar-refractivity contribution in [2.24, 2.45) is 0 Å². The van der Waals surface area contributed by atoms with Gasteiger partial charge in [-0.1, -0.05) is 29.3 Å². The van der Waals surface area contributed by atoms with Crippen LogP contribution in [0.5, 0.6) is 5.75 Å². The number of phenolic OH excluding ortho intramolecular Hbond substituents is 1. The van der Waals surface area contributed by atoms with E-state index in [1.807, 2.05) is 0 Å². The second-order valence-corrected chi connectivity index (χ2v) is 4.11. The predicted octanol–water partition coefficient (Wildman–Crippen LogP) is 4.51. The Labute approximate surface area is 102 Å². The maximum atomic E-state index is 13.5. The molecule has 2 rings (SSSR count). The van der Waals surface area contributed by atoms with Gasteiger partial charge in [0.15, 0.2) is 0 Å². The summed E-state index contributed by atoms with van der Waals surface area (Å²) >= 11 is 11.6. The maximum Gasteiger partial charge on any atom is 0.134 e. The van der Waals surface area contributed by atoms with Gasteiger partial charge in [-0.2, -0.15) is 0 Å². The molecule has 1 N–H and O–H groups in total. The lowest BCUT2D eigenvalue weighted by atomic mass is 10.1. The van der Waals surface area contributed by atoms with Crippen LogP contribution in [0.15, 0.2) is 36.4 Å². The SMILES string of the molecule is Oc1ccc(-c2ccc(Cl)c(Cl)c2)c(F)c1. The Morgan fingerprint density at radius 3 is 2.31 bits per heavy atom. The van der Waals surface area contributed by atoms with Crippen molar-refractivity contribution in [2.45, 2.75) is 0 Å². The van der Waals surface area contributed by atoms with Gasteiger partial charge in [0, 0.05) is 11.6 Å². The van der Waals surface area contributed by atoms with Crippen LogP contribution in [0.3, 0.4) is 0 Å². The highest BCUT2D eigenvalue weighted by molar-refractivity contribution is 6.42. The monoisotopic (exact) mass is 256 g/mol. The molecule has 0 aliphatic carbocycles. The van der Waals surface area contributed by atoms with E-state index in [9.17, 15) is 4.39 Å². The van der Waals surface area contributed by atoms with Gasteiger partial charge in [-0.05, 0) is 29.8 Å². The fourth-order valence-corrected chi connectivity index (χ4v) is 1.70. The number of hydrogen-bond acceptors (Lipinski definition) is 1. The molecule has 0 aliphatic rings. The summed E-state index contributed by atoms with van der Waals surface area (Å²) in [4.78, 5) is 0. The number of phenols is 1. The first-order valence-corrected chi connectivity index (χ1v) is 5.27. The average molecular weight is 257 g/mol. The van der Waals surface area contributed by atoms with Crippen molar-refractivity contribution in [3.05, 3.63) is 52.3 Å². The van der Waals surface area contributed by atoms with Crippen LogP contribution in [0.1, 0.15) is 0 Å². The topological polar surface area (TPSA) is 20.2 Å². The molecule has 4 heteroatoms. The summed E-state index contributed by atoms with van der Waals surface area (Å²) in [6.07, 6.45) is 0. The first-order valence-electron chi connectivity index (χ1n) is 4.52. The van der Waals surface area contributed by atoms with E-state index < -0.39 is 5.82 Å². The number of aromatic hydroxyl groups is 1. The van der Waals surface area contributed by atoms with Crippen molar-refractivity contribution < 1.29 is 9.50 Å². The lowest BCUT2D eigenvalue weighted by Crippen LogP contribution is -1.84. The molecule has 0 aliphatic heterocycles. The van der Waals surface area contributed by atoms with E-state index in [1.54, 1.807) is 18.2 Å². The smallest absolute Gasteiger partial charge is 0.134 e. The zero-order chi connectivity index (χ0) is 11.7. The molecular formula is C12H7Cl2FO. The molecule has 0 aromatic heterocycles. The summed E-state index contributed by atoms with van der Waals surface area (Å²) in [5.74, 6) is -0.611. The van der Waals surface area contributed by atoms with Gasteiger partial charge < -0.3 is 5.11 Å². The zero-order valence-electron chi connectivity index (χ0n) is 8.05. The molecule has 0 fully saturated rings. The summed E-state index contributed by atoms with van der Waals surface area (Å²) in [6.45, 7) is 0. The van der Waals surface area contributed by atoms with Crippen LogP contribution in [-0.4, -0.2) is 5.11 Å². The summed E-state index contributed by atoms with van der Waals surface area (Å²) < 4.78 is 13.5. The maximum absolute atomic E-state index is 13.5. The minimum Gasteiger partial charge on any atom is -0.508 e. The van der Waals surface area contributed by atoms with E-state index in [0.717, 1.165) is 6.07 Å². The minimum atomic E-state index is -0.501. The average Bonchev–Trinajstić information content (AvgIpc) is 2.22. The molecule has 0 atom stereocenters. The quantitative estimate of drug-likeness (QED) is 0.797. The molecule has 2 aromatic rings. The molecular weight excluding hydrogens is 250 g/mol. The van der Waals surface area contributed by atoms with Crippen LogP contribution in [0.25, 0.3) is 11.1 Å². The molecule has 0 amide bonds. The fraction of sp³-hybridized carbons (Fsp3) is 0. The molecule has 0 saturated heterocycles. The summed E-state index contributed by atoms with van der Waals surface area (Å²) in [5.41, 5.74) is 0.989. The van der Waals surface area contributed by atoms with Crippen molar-refractivity contribution >= 4 is 23.2 Å². The Morgan fingerprint density at radius 2 is 1.69 bits per heavy atom. The number of hydrogen-bond donors (Lipinski definition) is 1. The Kier molecular flexibility index (Phi) is 3.03. The van der Waals surface area contributed by atoms with Gasteiger partial charge in [0.2, 0.25) is 0 Å². The van der Waals surface area contributed by atoms with Crippen molar-refractivity contribution in [3.63, 3.8) is 0 Å². The van der Waals surface area contributed by atoms with Gasteiger partial charge in [0.25, 0.3) is 0 Å². The number of rotatable bonds is 1. The van der Waals surface area contributed by atoms with Crippen molar-refractivity contribution in [1.82, 2.24) is 0 Å².